The molecule has 7 nitrogen and oxygen atoms in total. The average Bonchev–Trinajstić information content (AvgIpc) is 3.37. The molecule has 0 aliphatic rings. The Morgan fingerprint density at radius 3 is 2.39 bits per heavy atom. The molecule has 0 radical (unpaired) electrons. The fourth-order valence-electron chi connectivity index (χ4n) is 4.70. The summed E-state index contributed by atoms with van der Waals surface area (Å²) < 4.78 is 46.6. The van der Waals surface area contributed by atoms with Gasteiger partial charge in [-0.3, -0.25) is 9.69 Å². The van der Waals surface area contributed by atoms with Gasteiger partial charge in [0.1, 0.15) is 23.3 Å². The SMILES string of the molecule is NCc1cccc(N(C(=O)C(F)(F)F)c2ccc(Nc3cc(-c4cccc5c4oc4ccccc45)ncn3)cc2)c1. The number of nitrogens with one attached hydrogen (secondary N) is 1. The number of furan rings is 1. The van der Waals surface area contributed by atoms with Crippen LogP contribution in [0.1, 0.15) is 5.56 Å². The van der Waals surface area contributed by atoms with Crippen LogP contribution in [0.15, 0.2) is 108 Å². The lowest BCUT2D eigenvalue weighted by molar-refractivity contribution is -0.169. The summed E-state index contributed by atoms with van der Waals surface area (Å²) in [6.45, 7) is 0.122. The van der Waals surface area contributed by atoms with E-state index in [0.717, 1.165) is 21.9 Å². The third kappa shape index (κ3) is 5.08. The molecule has 1 amide bonds. The van der Waals surface area contributed by atoms with Gasteiger partial charge in [0.05, 0.1) is 5.69 Å². The minimum absolute atomic E-state index is 0.0481. The van der Waals surface area contributed by atoms with E-state index in [1.165, 1.54) is 30.6 Å². The molecule has 6 rings (SSSR count). The van der Waals surface area contributed by atoms with E-state index in [0.29, 0.717) is 33.2 Å². The second-order valence-corrected chi connectivity index (χ2v) is 9.25. The molecule has 6 aromatic rings. The number of hydrogen-bond acceptors (Lipinski definition) is 6. The van der Waals surface area contributed by atoms with Crippen molar-refractivity contribution in [2.24, 2.45) is 5.73 Å². The van der Waals surface area contributed by atoms with Crippen molar-refractivity contribution in [2.75, 3.05) is 10.2 Å². The number of carbonyl (C=O) groups excluding carboxylic acids is 1. The number of para-hydroxylation sites is 2. The summed E-state index contributed by atoms with van der Waals surface area (Å²) in [5.41, 5.74) is 9.82. The number of rotatable bonds is 6. The molecule has 0 aliphatic carbocycles. The number of nitrogens with zero attached hydrogens (tertiary/aromatic N) is 3. The van der Waals surface area contributed by atoms with Crippen LogP contribution in [0.25, 0.3) is 33.2 Å². The zero-order valence-electron chi connectivity index (χ0n) is 21.4. The van der Waals surface area contributed by atoms with Crippen LogP contribution in [0, 0.1) is 0 Å². The molecule has 0 fully saturated rings. The lowest BCUT2D eigenvalue weighted by Crippen LogP contribution is -2.38. The summed E-state index contributed by atoms with van der Waals surface area (Å²) in [6.07, 6.45) is -3.66. The number of fused-ring (bicyclic) bond motifs is 3. The summed E-state index contributed by atoms with van der Waals surface area (Å²) in [7, 11) is 0. The summed E-state index contributed by atoms with van der Waals surface area (Å²) >= 11 is 0. The molecular weight excluding hydrogens is 531 g/mol. The Morgan fingerprint density at radius 2 is 1.61 bits per heavy atom. The molecule has 0 unspecified atom stereocenters. The molecule has 10 heteroatoms. The summed E-state index contributed by atoms with van der Waals surface area (Å²) in [6, 6.07) is 27.5. The van der Waals surface area contributed by atoms with Crippen LogP contribution < -0.4 is 16.0 Å². The molecule has 0 spiro atoms. The molecular formula is C31H22F3N5O2. The highest BCUT2D eigenvalue weighted by molar-refractivity contribution is 6.09. The van der Waals surface area contributed by atoms with E-state index in [9.17, 15) is 18.0 Å². The molecule has 2 heterocycles. The molecule has 0 atom stereocenters. The van der Waals surface area contributed by atoms with Gasteiger partial charge in [0.2, 0.25) is 0 Å². The van der Waals surface area contributed by atoms with Gasteiger partial charge in [-0.05, 0) is 54.1 Å². The van der Waals surface area contributed by atoms with Crippen LogP contribution in [0.4, 0.5) is 36.1 Å². The van der Waals surface area contributed by atoms with E-state index in [1.54, 1.807) is 30.3 Å². The zero-order chi connectivity index (χ0) is 28.6. The first-order valence-electron chi connectivity index (χ1n) is 12.6. The van der Waals surface area contributed by atoms with Gasteiger partial charge < -0.3 is 15.5 Å². The van der Waals surface area contributed by atoms with Crippen LogP contribution in [0.3, 0.4) is 0 Å². The van der Waals surface area contributed by atoms with E-state index in [1.807, 2.05) is 42.5 Å². The van der Waals surface area contributed by atoms with Crippen molar-refractivity contribution in [3.05, 3.63) is 109 Å². The van der Waals surface area contributed by atoms with Gasteiger partial charge in [-0.25, -0.2) is 9.97 Å². The fourth-order valence-corrected chi connectivity index (χ4v) is 4.70. The van der Waals surface area contributed by atoms with E-state index in [-0.39, 0.29) is 17.9 Å². The van der Waals surface area contributed by atoms with Gasteiger partial charge in [0.25, 0.3) is 0 Å². The highest BCUT2D eigenvalue weighted by Crippen LogP contribution is 2.36. The summed E-state index contributed by atoms with van der Waals surface area (Å²) in [5.74, 6) is -1.54. The van der Waals surface area contributed by atoms with E-state index in [2.05, 4.69) is 15.3 Å². The highest BCUT2D eigenvalue weighted by atomic mass is 19.4. The smallest absolute Gasteiger partial charge is 0.455 e. The molecule has 4 aromatic carbocycles. The number of halogens is 3. The van der Waals surface area contributed by atoms with Crippen molar-refractivity contribution in [2.45, 2.75) is 12.7 Å². The molecule has 0 saturated heterocycles. The molecule has 2 aromatic heterocycles. The van der Waals surface area contributed by atoms with Gasteiger partial charge in [0.15, 0.2) is 0 Å². The highest BCUT2D eigenvalue weighted by Gasteiger charge is 2.43. The number of carbonyl (C=O) groups is 1. The molecule has 0 aliphatic heterocycles. The minimum Gasteiger partial charge on any atom is -0.455 e. The Morgan fingerprint density at radius 1 is 0.854 bits per heavy atom. The Bertz CT molecular complexity index is 1880. The maximum atomic E-state index is 13.5. The van der Waals surface area contributed by atoms with Gasteiger partial charge >= 0.3 is 12.1 Å². The number of anilines is 4. The Hall–Kier alpha value is -5.22. The maximum absolute atomic E-state index is 13.5. The predicted octanol–water partition coefficient (Wildman–Crippen LogP) is 7.47. The van der Waals surface area contributed by atoms with Crippen molar-refractivity contribution < 1.29 is 22.4 Å². The van der Waals surface area contributed by atoms with Gasteiger partial charge in [-0.1, -0.05) is 42.5 Å². The Balaban J connectivity index is 1.30. The van der Waals surface area contributed by atoms with Crippen LogP contribution >= 0.6 is 0 Å². The third-order valence-corrected chi connectivity index (χ3v) is 6.60. The molecule has 41 heavy (non-hydrogen) atoms. The third-order valence-electron chi connectivity index (χ3n) is 6.60. The number of amides is 1. The second-order valence-electron chi connectivity index (χ2n) is 9.25. The van der Waals surface area contributed by atoms with E-state index < -0.39 is 12.1 Å². The normalized spacial score (nSPS) is 11.6. The maximum Gasteiger partial charge on any atom is 0.472 e. The van der Waals surface area contributed by atoms with Crippen LogP contribution in [0.2, 0.25) is 0 Å². The molecule has 204 valence electrons. The Kier molecular flexibility index (Phi) is 6.60. The lowest BCUT2D eigenvalue weighted by Gasteiger charge is -2.24. The van der Waals surface area contributed by atoms with Crippen LogP contribution in [-0.2, 0) is 11.3 Å². The summed E-state index contributed by atoms with van der Waals surface area (Å²) in [5, 5.41) is 5.12. The first-order valence-corrected chi connectivity index (χ1v) is 12.6. The van der Waals surface area contributed by atoms with Crippen LogP contribution in [-0.4, -0.2) is 22.1 Å². The van der Waals surface area contributed by atoms with Gasteiger partial charge in [-0.2, -0.15) is 13.2 Å². The first-order chi connectivity index (χ1) is 19.8. The van der Waals surface area contributed by atoms with Gasteiger partial charge in [0, 0.05) is 46.0 Å². The standard InChI is InChI=1S/C31H22F3N5O2/c32-31(33,34)30(40)39(22-6-3-5-19(15-22)17-35)21-13-11-20(12-14-21)38-28-16-26(36-18-37-28)25-9-4-8-24-23-7-1-2-10-27(23)41-29(24)25/h1-16,18H,17,35H2,(H,36,37,38). The number of benzene rings is 4. The van der Waals surface area contributed by atoms with Crippen molar-refractivity contribution in [1.29, 1.82) is 0 Å². The fraction of sp³-hybridized carbons (Fsp3) is 0.0645. The number of hydrogen-bond donors (Lipinski definition) is 2. The van der Waals surface area contributed by atoms with Gasteiger partial charge in [-0.15, -0.1) is 0 Å². The summed E-state index contributed by atoms with van der Waals surface area (Å²) in [4.78, 5) is 21.7. The largest absolute Gasteiger partial charge is 0.472 e. The quantitative estimate of drug-likeness (QED) is 0.222. The topological polar surface area (TPSA) is 97.3 Å². The van der Waals surface area contributed by atoms with Crippen molar-refractivity contribution in [3.8, 4) is 11.3 Å². The molecule has 0 bridgehead atoms. The molecule has 0 saturated carbocycles. The number of alkyl halides is 3. The van der Waals surface area contributed by atoms with Crippen molar-refractivity contribution in [3.63, 3.8) is 0 Å². The second kappa shape index (κ2) is 10.4. The monoisotopic (exact) mass is 553 g/mol. The van der Waals surface area contributed by atoms with E-state index >= 15 is 0 Å². The van der Waals surface area contributed by atoms with Crippen molar-refractivity contribution in [1.82, 2.24) is 9.97 Å². The minimum atomic E-state index is -5.07. The first kappa shape index (κ1) is 26.0. The van der Waals surface area contributed by atoms with E-state index in [4.69, 9.17) is 10.2 Å². The zero-order valence-corrected chi connectivity index (χ0v) is 21.4. The average molecular weight is 554 g/mol. The van der Waals surface area contributed by atoms with Crippen LogP contribution in [0.5, 0.6) is 0 Å². The number of aromatic nitrogens is 2. The Labute approximate surface area is 232 Å². The lowest BCUT2D eigenvalue weighted by atomic mass is 10.1. The molecule has 3 N–H and O–H groups in total. The van der Waals surface area contributed by atoms with Crippen molar-refractivity contribution >= 4 is 50.7 Å². The predicted molar refractivity (Wildman–Crippen MR) is 152 cm³/mol. The number of nitrogens with two attached hydrogens (primary N) is 1.